The average Bonchev–Trinajstić information content (AvgIpc) is 3.17. The lowest BCUT2D eigenvalue weighted by Crippen LogP contribution is -2.64. The number of ketones is 2. The summed E-state index contributed by atoms with van der Waals surface area (Å²) in [6.45, 7) is 9.71. The van der Waals surface area contributed by atoms with E-state index in [4.69, 9.17) is 9.47 Å². The van der Waals surface area contributed by atoms with E-state index in [1.54, 1.807) is 40.0 Å². The van der Waals surface area contributed by atoms with Gasteiger partial charge in [-0.3, -0.25) is 14.9 Å². The molecule has 0 aromatic rings. The minimum absolute atomic E-state index is 0.0142. The minimum Gasteiger partial charge on any atom is -0.445 e. The molecule has 1 saturated heterocycles. The number of carbonyl (C=O) groups excluding carboxylic acids is 4. The Bertz CT molecular complexity index is 783. The van der Waals surface area contributed by atoms with Gasteiger partial charge in [-0.15, -0.1) is 0 Å². The number of hydrogen-bond donors (Lipinski definition) is 2. The zero-order valence-corrected chi connectivity index (χ0v) is 20.6. The van der Waals surface area contributed by atoms with Crippen LogP contribution >= 0.6 is 0 Å². The van der Waals surface area contributed by atoms with E-state index < -0.39 is 23.3 Å². The van der Waals surface area contributed by atoms with Gasteiger partial charge in [0, 0.05) is 38.6 Å². The standard InChI is InChI=1S/C23H38N4O6/c1-16(2)19(29)23-9-10-27(15-23)21(31)33-12-8-7-11-32-20(30)26(6)14-22(5,25-17(3)4)18(28)13-24-23/h7-8,16-17,24-25H,9-15H2,1-6H3/t22-,23+/m1/s1. The number of ether oxygens (including phenoxy) is 2. The van der Waals surface area contributed by atoms with Gasteiger partial charge in [-0.2, -0.15) is 0 Å². The Hall–Kier alpha value is -2.46. The Kier molecular flexibility index (Phi) is 9.02. The highest BCUT2D eigenvalue weighted by atomic mass is 16.6. The molecule has 2 aliphatic heterocycles. The van der Waals surface area contributed by atoms with Gasteiger partial charge in [0.1, 0.15) is 13.2 Å². The van der Waals surface area contributed by atoms with Crippen molar-refractivity contribution in [1.29, 1.82) is 0 Å². The maximum Gasteiger partial charge on any atom is 0.410 e. The van der Waals surface area contributed by atoms with Gasteiger partial charge in [0.25, 0.3) is 0 Å². The van der Waals surface area contributed by atoms with Gasteiger partial charge in [-0.25, -0.2) is 9.59 Å². The van der Waals surface area contributed by atoms with Gasteiger partial charge in [0.05, 0.1) is 17.6 Å². The number of fused-ring (bicyclic) bond motifs is 2. The molecule has 2 aliphatic rings. The highest BCUT2D eigenvalue weighted by Crippen LogP contribution is 2.26. The highest BCUT2D eigenvalue weighted by molar-refractivity contribution is 5.94. The number of nitrogens with one attached hydrogen (secondary N) is 2. The van der Waals surface area contributed by atoms with Crippen molar-refractivity contribution in [3.63, 3.8) is 0 Å². The van der Waals surface area contributed by atoms with E-state index in [0.717, 1.165) is 0 Å². The molecule has 33 heavy (non-hydrogen) atoms. The zero-order chi connectivity index (χ0) is 24.8. The number of amides is 2. The summed E-state index contributed by atoms with van der Waals surface area (Å²) in [6, 6.07) is -0.0246. The number of likely N-dealkylation sites (N-methyl/N-ethyl adjacent to an activating group) is 1. The summed E-state index contributed by atoms with van der Waals surface area (Å²) in [5.41, 5.74) is -2.10. The fourth-order valence-electron chi connectivity index (χ4n) is 4.36. The number of Topliss-reactive ketones (excluding diaryl/α,β-unsaturated/α-hetero) is 2. The Balaban J connectivity index is 2.35. The summed E-state index contributed by atoms with van der Waals surface area (Å²) in [7, 11) is 1.57. The second-order valence-electron chi connectivity index (χ2n) is 9.66. The van der Waals surface area contributed by atoms with Crippen LogP contribution in [-0.2, 0) is 19.1 Å². The normalized spacial score (nSPS) is 28.2. The molecule has 2 bridgehead atoms. The third-order valence-electron chi connectivity index (χ3n) is 5.97. The van der Waals surface area contributed by atoms with Crippen molar-refractivity contribution in [3.8, 4) is 0 Å². The van der Waals surface area contributed by atoms with Gasteiger partial charge in [-0.05, 0) is 39.3 Å². The lowest BCUT2D eigenvalue weighted by Gasteiger charge is -2.37. The molecule has 2 atom stereocenters. The molecule has 1 fully saturated rings. The van der Waals surface area contributed by atoms with E-state index in [-0.39, 0.29) is 56.4 Å². The number of carbonyl (C=O) groups is 4. The molecule has 186 valence electrons. The van der Waals surface area contributed by atoms with Crippen LogP contribution in [0.25, 0.3) is 0 Å². The topological polar surface area (TPSA) is 117 Å². The number of hydrogen-bond acceptors (Lipinski definition) is 8. The zero-order valence-electron chi connectivity index (χ0n) is 20.6. The molecule has 0 aromatic carbocycles. The fraction of sp³-hybridized carbons (Fsp3) is 0.739. The number of cyclic esters (lactones) is 2. The van der Waals surface area contributed by atoms with Crippen LogP contribution in [0.3, 0.4) is 0 Å². The molecule has 0 spiro atoms. The second kappa shape index (κ2) is 11.1. The van der Waals surface area contributed by atoms with Crippen LogP contribution in [0, 0.1) is 5.92 Å². The molecule has 2 N–H and O–H groups in total. The van der Waals surface area contributed by atoms with Crippen LogP contribution < -0.4 is 10.6 Å². The first kappa shape index (κ1) is 26.8. The van der Waals surface area contributed by atoms with Gasteiger partial charge in [0.2, 0.25) is 0 Å². The third kappa shape index (κ3) is 6.77. The first-order valence-electron chi connectivity index (χ1n) is 11.4. The Labute approximate surface area is 196 Å². The molecular formula is C23H38N4O6. The predicted octanol–water partition coefficient (Wildman–Crippen LogP) is 1.35. The summed E-state index contributed by atoms with van der Waals surface area (Å²) in [4.78, 5) is 54.3. The molecule has 2 amide bonds. The molecule has 10 heteroatoms. The van der Waals surface area contributed by atoms with Crippen molar-refractivity contribution >= 4 is 23.8 Å². The van der Waals surface area contributed by atoms with Crippen LogP contribution in [0.2, 0.25) is 0 Å². The van der Waals surface area contributed by atoms with Crippen LogP contribution in [0.15, 0.2) is 12.2 Å². The van der Waals surface area contributed by atoms with E-state index in [2.05, 4.69) is 10.6 Å². The average molecular weight is 467 g/mol. The van der Waals surface area contributed by atoms with Crippen molar-refractivity contribution in [3.05, 3.63) is 12.2 Å². The number of nitrogens with zero attached hydrogens (tertiary/aromatic N) is 2. The van der Waals surface area contributed by atoms with Crippen molar-refractivity contribution < 1.29 is 28.7 Å². The molecule has 2 rings (SSSR count). The van der Waals surface area contributed by atoms with Crippen molar-refractivity contribution in [2.45, 2.75) is 58.2 Å². The highest BCUT2D eigenvalue weighted by Gasteiger charge is 2.48. The first-order valence-corrected chi connectivity index (χ1v) is 11.4. The van der Waals surface area contributed by atoms with E-state index >= 15 is 0 Å². The molecule has 2 heterocycles. The maximum atomic E-state index is 13.4. The monoisotopic (exact) mass is 466 g/mol. The lowest BCUT2D eigenvalue weighted by atomic mass is 9.85. The van der Waals surface area contributed by atoms with Gasteiger partial charge in [-0.1, -0.05) is 13.8 Å². The van der Waals surface area contributed by atoms with E-state index in [1.165, 1.54) is 9.80 Å². The Morgan fingerprint density at radius 1 is 1.06 bits per heavy atom. The van der Waals surface area contributed by atoms with Crippen LogP contribution in [0.1, 0.15) is 41.0 Å². The third-order valence-corrected chi connectivity index (χ3v) is 5.97. The largest absolute Gasteiger partial charge is 0.445 e. The molecular weight excluding hydrogens is 428 g/mol. The summed E-state index contributed by atoms with van der Waals surface area (Å²) in [5, 5.41) is 6.45. The fourth-order valence-corrected chi connectivity index (χ4v) is 4.36. The van der Waals surface area contributed by atoms with Crippen LogP contribution in [0.5, 0.6) is 0 Å². The van der Waals surface area contributed by atoms with Gasteiger partial charge in [0.15, 0.2) is 11.6 Å². The summed E-state index contributed by atoms with van der Waals surface area (Å²) in [6.07, 6.45) is 2.47. The molecule has 0 unspecified atom stereocenters. The van der Waals surface area contributed by atoms with Crippen LogP contribution in [-0.4, -0.2) is 97.1 Å². The molecule has 0 radical (unpaired) electrons. The van der Waals surface area contributed by atoms with Crippen molar-refractivity contribution in [1.82, 2.24) is 20.4 Å². The van der Waals surface area contributed by atoms with E-state index in [1.807, 2.05) is 13.8 Å². The molecule has 0 saturated carbocycles. The molecule has 0 aliphatic carbocycles. The predicted molar refractivity (Wildman–Crippen MR) is 123 cm³/mol. The maximum absolute atomic E-state index is 13.4. The SMILES string of the molecule is CC(C)N[C@]1(C)CN(C)C(=O)OCC=CCOC(=O)N2CC[C@@](C(=O)C(C)C)(C2)NCC1=O. The van der Waals surface area contributed by atoms with Crippen LogP contribution in [0.4, 0.5) is 9.59 Å². The first-order chi connectivity index (χ1) is 15.4. The molecule has 10 nitrogen and oxygen atoms in total. The minimum atomic E-state index is -1.07. The lowest BCUT2D eigenvalue weighted by molar-refractivity contribution is -0.129. The van der Waals surface area contributed by atoms with Crippen molar-refractivity contribution in [2.75, 3.05) is 46.4 Å². The van der Waals surface area contributed by atoms with Gasteiger partial charge < -0.3 is 24.6 Å². The van der Waals surface area contributed by atoms with Gasteiger partial charge >= 0.3 is 12.2 Å². The smallest absolute Gasteiger partial charge is 0.410 e. The second-order valence-corrected chi connectivity index (χ2v) is 9.66. The summed E-state index contributed by atoms with van der Waals surface area (Å²) in [5.74, 6) is -0.527. The summed E-state index contributed by atoms with van der Waals surface area (Å²) < 4.78 is 10.5. The summed E-state index contributed by atoms with van der Waals surface area (Å²) >= 11 is 0. The molecule has 0 aromatic heterocycles. The Morgan fingerprint density at radius 2 is 1.67 bits per heavy atom. The van der Waals surface area contributed by atoms with Crippen molar-refractivity contribution in [2.24, 2.45) is 5.92 Å². The van der Waals surface area contributed by atoms with E-state index in [9.17, 15) is 19.2 Å². The quantitative estimate of drug-likeness (QED) is 0.596. The Morgan fingerprint density at radius 3 is 2.24 bits per heavy atom. The van der Waals surface area contributed by atoms with E-state index in [0.29, 0.717) is 13.0 Å². The number of rotatable bonds is 4.